The summed E-state index contributed by atoms with van der Waals surface area (Å²) in [6.45, 7) is 2.22. The van der Waals surface area contributed by atoms with Crippen LogP contribution in [0, 0.1) is 0 Å². The lowest BCUT2D eigenvalue weighted by Crippen LogP contribution is -2.34. The fourth-order valence-corrected chi connectivity index (χ4v) is 3.86. The molecule has 5 N–H and O–H groups in total. The monoisotopic (exact) mass is 441 g/mol. The first-order valence-electron chi connectivity index (χ1n) is 10.9. The van der Waals surface area contributed by atoms with E-state index in [0.29, 0.717) is 12.8 Å². The van der Waals surface area contributed by atoms with Crippen LogP contribution in [0.25, 0.3) is 0 Å². The summed E-state index contributed by atoms with van der Waals surface area (Å²) in [5, 5.41) is 27.7. The summed E-state index contributed by atoms with van der Waals surface area (Å²) in [5.41, 5.74) is 5.55. The average molecular weight is 442 g/mol. The molecule has 7 heteroatoms. The van der Waals surface area contributed by atoms with E-state index in [9.17, 15) is 14.7 Å². The lowest BCUT2D eigenvalue weighted by atomic mass is 10.1. The highest BCUT2D eigenvalue weighted by molar-refractivity contribution is 8.00. The molecule has 0 rings (SSSR count). The number of aliphatic carboxylic acids is 2. The molecule has 30 heavy (non-hydrogen) atoms. The molecule has 0 aromatic carbocycles. The minimum absolute atomic E-state index is 0.00387. The van der Waals surface area contributed by atoms with Crippen LogP contribution in [0.4, 0.5) is 0 Å². The number of carboxylic acids is 2. The number of hydrogen-bond acceptors (Lipinski definition) is 5. The number of hydrogen-bond donors (Lipinski definition) is 4. The van der Waals surface area contributed by atoms with Crippen molar-refractivity contribution in [2.45, 2.75) is 88.5 Å². The van der Waals surface area contributed by atoms with Crippen LogP contribution < -0.4 is 5.73 Å². The molecule has 0 aromatic rings. The van der Waals surface area contributed by atoms with Crippen molar-refractivity contribution in [1.82, 2.24) is 0 Å². The standard InChI is InChI=1S/C23H39NO5S/c1-2-3-4-5-6-7-8-9-10-11-12-13-16-21(30-18-19(24)23(28)29)20(25)15-14-17-22(26)27/h9-13,16,19-21,25H,2-8,14-15,17-18,24H2,1H3,(H,26,27)(H,28,29)/b10-9+,12-11+,16-13+/t19-,20-,21+/m0/s1. The summed E-state index contributed by atoms with van der Waals surface area (Å²) in [6, 6.07) is -1.00. The average Bonchev–Trinajstić information content (AvgIpc) is 2.70. The Kier molecular flexibility index (Phi) is 18.4. The Bertz CT molecular complexity index is 548. The van der Waals surface area contributed by atoms with Gasteiger partial charge < -0.3 is 21.1 Å². The number of rotatable bonds is 19. The van der Waals surface area contributed by atoms with Gasteiger partial charge in [0.05, 0.1) is 6.10 Å². The Morgan fingerprint density at radius 1 is 0.967 bits per heavy atom. The van der Waals surface area contributed by atoms with Crippen LogP contribution in [0.2, 0.25) is 0 Å². The van der Waals surface area contributed by atoms with E-state index >= 15 is 0 Å². The Hall–Kier alpha value is -1.57. The molecule has 6 nitrogen and oxygen atoms in total. The zero-order valence-electron chi connectivity index (χ0n) is 18.1. The van der Waals surface area contributed by atoms with Gasteiger partial charge in [-0.05, 0) is 25.7 Å². The molecule has 0 amide bonds. The van der Waals surface area contributed by atoms with E-state index in [1.165, 1.54) is 50.3 Å². The third-order valence-electron chi connectivity index (χ3n) is 4.55. The number of carbonyl (C=O) groups is 2. The largest absolute Gasteiger partial charge is 0.481 e. The van der Waals surface area contributed by atoms with Gasteiger partial charge in [-0.25, -0.2) is 0 Å². The van der Waals surface area contributed by atoms with Crippen molar-refractivity contribution in [2.75, 3.05) is 5.75 Å². The molecule has 0 aliphatic carbocycles. The number of nitrogens with two attached hydrogens (primary N) is 1. The SMILES string of the molecule is CCCCCCCC/C=C/C=C/C=C/[C@@H](SC[C@H](N)C(=O)O)[C@@H](O)CCCC(=O)O. The van der Waals surface area contributed by atoms with Crippen molar-refractivity contribution >= 4 is 23.7 Å². The first-order chi connectivity index (χ1) is 14.4. The molecule has 0 aliphatic rings. The molecule has 0 saturated carbocycles. The molecule has 3 atom stereocenters. The van der Waals surface area contributed by atoms with Gasteiger partial charge in [-0.3, -0.25) is 9.59 Å². The molecule has 0 aromatic heterocycles. The lowest BCUT2D eigenvalue weighted by Gasteiger charge is -2.20. The van der Waals surface area contributed by atoms with Gasteiger partial charge in [0.2, 0.25) is 0 Å². The maximum atomic E-state index is 10.9. The summed E-state index contributed by atoms with van der Waals surface area (Å²) in [5.74, 6) is -1.81. The molecule has 0 aliphatic heterocycles. The molecule has 0 spiro atoms. The van der Waals surface area contributed by atoms with Gasteiger partial charge in [0.25, 0.3) is 0 Å². The van der Waals surface area contributed by atoms with Crippen LogP contribution in [0.5, 0.6) is 0 Å². The Morgan fingerprint density at radius 2 is 1.63 bits per heavy atom. The normalized spacial score (nSPS) is 15.2. The number of allylic oxidation sites excluding steroid dienone is 5. The van der Waals surface area contributed by atoms with Crippen LogP contribution in [0.1, 0.15) is 71.1 Å². The van der Waals surface area contributed by atoms with Gasteiger partial charge in [-0.15, -0.1) is 11.8 Å². The fraction of sp³-hybridized carbons (Fsp3) is 0.652. The quantitative estimate of drug-likeness (QED) is 0.172. The molecule has 0 heterocycles. The molecular formula is C23H39NO5S. The summed E-state index contributed by atoms with van der Waals surface area (Å²) < 4.78 is 0. The fourth-order valence-electron chi connectivity index (χ4n) is 2.73. The first kappa shape index (κ1) is 28.4. The van der Waals surface area contributed by atoms with Crippen molar-refractivity contribution in [3.8, 4) is 0 Å². The molecule has 0 bridgehead atoms. The molecule has 172 valence electrons. The molecular weight excluding hydrogens is 402 g/mol. The van der Waals surface area contributed by atoms with E-state index in [4.69, 9.17) is 15.9 Å². The van der Waals surface area contributed by atoms with Crippen molar-refractivity contribution in [1.29, 1.82) is 0 Å². The van der Waals surface area contributed by atoms with Crippen molar-refractivity contribution < 1.29 is 24.9 Å². The zero-order valence-corrected chi connectivity index (χ0v) is 18.9. The predicted molar refractivity (Wildman–Crippen MR) is 125 cm³/mol. The maximum Gasteiger partial charge on any atom is 0.321 e. The van der Waals surface area contributed by atoms with Gasteiger partial charge in [0, 0.05) is 17.4 Å². The zero-order chi connectivity index (χ0) is 22.6. The number of thioether (sulfide) groups is 1. The maximum absolute atomic E-state index is 10.9. The Labute approximate surface area is 185 Å². The highest BCUT2D eigenvalue weighted by Crippen LogP contribution is 2.21. The highest BCUT2D eigenvalue weighted by atomic mass is 32.2. The predicted octanol–water partition coefficient (Wildman–Crippen LogP) is 4.54. The third kappa shape index (κ3) is 17.3. The topological polar surface area (TPSA) is 121 Å². The number of carboxylic acid groups (broad SMARTS) is 2. The number of aliphatic hydroxyl groups excluding tert-OH is 1. The molecule has 0 saturated heterocycles. The van der Waals surface area contributed by atoms with E-state index in [1.807, 2.05) is 30.4 Å². The Balaban J connectivity index is 4.41. The van der Waals surface area contributed by atoms with Crippen LogP contribution in [-0.2, 0) is 9.59 Å². The molecule has 0 fully saturated rings. The first-order valence-corrected chi connectivity index (χ1v) is 11.9. The van der Waals surface area contributed by atoms with E-state index in [2.05, 4.69) is 13.0 Å². The second-order valence-corrected chi connectivity index (χ2v) is 8.56. The van der Waals surface area contributed by atoms with Crippen molar-refractivity contribution in [3.05, 3.63) is 36.5 Å². The van der Waals surface area contributed by atoms with Gasteiger partial charge in [0.1, 0.15) is 6.04 Å². The van der Waals surface area contributed by atoms with Crippen molar-refractivity contribution in [2.24, 2.45) is 5.73 Å². The summed E-state index contributed by atoms with van der Waals surface area (Å²) >= 11 is 1.27. The second kappa shape index (κ2) is 19.4. The number of aliphatic hydroxyl groups is 1. The van der Waals surface area contributed by atoms with E-state index in [1.54, 1.807) is 0 Å². The van der Waals surface area contributed by atoms with E-state index in [-0.39, 0.29) is 17.4 Å². The summed E-state index contributed by atoms with van der Waals surface area (Å²) in [7, 11) is 0. The highest BCUT2D eigenvalue weighted by Gasteiger charge is 2.20. The van der Waals surface area contributed by atoms with Gasteiger partial charge in [-0.1, -0.05) is 75.5 Å². The van der Waals surface area contributed by atoms with Gasteiger partial charge >= 0.3 is 11.9 Å². The van der Waals surface area contributed by atoms with Crippen LogP contribution in [-0.4, -0.2) is 50.4 Å². The lowest BCUT2D eigenvalue weighted by molar-refractivity contribution is -0.138. The summed E-state index contributed by atoms with van der Waals surface area (Å²) in [4.78, 5) is 21.5. The number of unbranched alkanes of at least 4 members (excludes halogenated alkanes) is 6. The minimum atomic E-state index is -1.08. The van der Waals surface area contributed by atoms with Crippen LogP contribution in [0.3, 0.4) is 0 Å². The van der Waals surface area contributed by atoms with Gasteiger partial charge in [-0.2, -0.15) is 0 Å². The van der Waals surface area contributed by atoms with Gasteiger partial charge in [0.15, 0.2) is 0 Å². The molecule has 0 radical (unpaired) electrons. The third-order valence-corrected chi connectivity index (χ3v) is 5.96. The second-order valence-electron chi connectivity index (χ2n) is 7.35. The van der Waals surface area contributed by atoms with Crippen LogP contribution >= 0.6 is 11.8 Å². The van der Waals surface area contributed by atoms with Crippen LogP contribution in [0.15, 0.2) is 36.5 Å². The van der Waals surface area contributed by atoms with E-state index in [0.717, 1.165) is 6.42 Å². The van der Waals surface area contributed by atoms with E-state index < -0.39 is 24.1 Å². The van der Waals surface area contributed by atoms with Crippen molar-refractivity contribution in [3.63, 3.8) is 0 Å². The smallest absolute Gasteiger partial charge is 0.321 e. The molecule has 0 unspecified atom stereocenters. The minimum Gasteiger partial charge on any atom is -0.481 e. The summed E-state index contributed by atoms with van der Waals surface area (Å²) in [6.07, 6.45) is 20.2. The Morgan fingerprint density at radius 3 is 2.30 bits per heavy atom.